The van der Waals surface area contributed by atoms with Crippen LogP contribution in [0, 0.1) is 18.8 Å². The summed E-state index contributed by atoms with van der Waals surface area (Å²) in [4.78, 5) is 36.0. The Bertz CT molecular complexity index is 568. The molecule has 0 radical (unpaired) electrons. The van der Waals surface area contributed by atoms with E-state index >= 15 is 0 Å². The molecule has 1 fully saturated rings. The summed E-state index contributed by atoms with van der Waals surface area (Å²) >= 11 is 0. The molecule has 1 aliphatic rings. The summed E-state index contributed by atoms with van der Waals surface area (Å²) in [6.45, 7) is 1.54. The molecule has 1 saturated carbocycles. The molecule has 2 amide bonds. The molecule has 2 atom stereocenters. The molecule has 1 aromatic heterocycles. The number of carboxylic acid groups (broad SMARTS) is 1. The lowest BCUT2D eigenvalue weighted by molar-refractivity contribution is -0.156. The van der Waals surface area contributed by atoms with E-state index in [-0.39, 0.29) is 18.3 Å². The third kappa shape index (κ3) is 3.39. The Hall–Kier alpha value is -2.38. The van der Waals surface area contributed by atoms with Gasteiger partial charge < -0.3 is 19.8 Å². The first kappa shape index (κ1) is 15.0. The van der Waals surface area contributed by atoms with Gasteiger partial charge in [-0.2, -0.15) is 0 Å². The molecule has 2 rings (SSSR count). The first-order chi connectivity index (χ1) is 9.88. The molecule has 1 heterocycles. The number of aryl methyl sites for hydroxylation is 1. The monoisotopic (exact) mass is 295 g/mol. The van der Waals surface area contributed by atoms with Crippen molar-refractivity contribution in [3.05, 3.63) is 11.8 Å². The van der Waals surface area contributed by atoms with Gasteiger partial charge in [0.1, 0.15) is 5.76 Å². The lowest BCUT2D eigenvalue weighted by Gasteiger charge is -2.34. The summed E-state index contributed by atoms with van der Waals surface area (Å²) in [5.41, 5.74) is 0. The van der Waals surface area contributed by atoms with Gasteiger partial charge in [0.2, 0.25) is 11.8 Å². The van der Waals surface area contributed by atoms with Crippen molar-refractivity contribution in [3.8, 4) is 0 Å². The minimum Gasteiger partial charge on any atom is -0.481 e. The third-order valence-corrected chi connectivity index (χ3v) is 3.56. The van der Waals surface area contributed by atoms with Crippen molar-refractivity contribution < 1.29 is 24.0 Å². The maximum atomic E-state index is 12.1. The van der Waals surface area contributed by atoms with E-state index in [1.165, 1.54) is 11.9 Å². The van der Waals surface area contributed by atoms with Crippen molar-refractivity contribution in [1.29, 1.82) is 0 Å². The lowest BCUT2D eigenvalue weighted by atomic mass is 9.73. The Morgan fingerprint density at radius 2 is 2.10 bits per heavy atom. The zero-order chi connectivity index (χ0) is 15.6. The molecule has 0 saturated heterocycles. The highest BCUT2D eigenvalue weighted by Crippen LogP contribution is 2.35. The van der Waals surface area contributed by atoms with Gasteiger partial charge in [-0.05, 0) is 19.8 Å². The number of rotatable bonds is 5. The SMILES string of the molecule is Cc1cc(NC(=O)CN(C)C(=O)C2CCC2C(=O)O)no1. The van der Waals surface area contributed by atoms with Crippen LogP contribution in [0.5, 0.6) is 0 Å². The fourth-order valence-corrected chi connectivity index (χ4v) is 2.28. The first-order valence-electron chi connectivity index (χ1n) is 6.59. The van der Waals surface area contributed by atoms with E-state index in [4.69, 9.17) is 9.63 Å². The predicted octanol–water partition coefficient (Wildman–Crippen LogP) is 0.491. The molecule has 2 unspecified atom stereocenters. The first-order valence-corrected chi connectivity index (χ1v) is 6.59. The summed E-state index contributed by atoms with van der Waals surface area (Å²) < 4.78 is 4.81. The molecule has 8 nitrogen and oxygen atoms in total. The van der Waals surface area contributed by atoms with Crippen LogP contribution in [-0.2, 0) is 14.4 Å². The highest BCUT2D eigenvalue weighted by Gasteiger charge is 2.42. The van der Waals surface area contributed by atoms with E-state index in [9.17, 15) is 14.4 Å². The zero-order valence-electron chi connectivity index (χ0n) is 11.8. The number of carbonyl (C=O) groups excluding carboxylic acids is 2. The second-order valence-corrected chi connectivity index (χ2v) is 5.19. The van der Waals surface area contributed by atoms with Crippen LogP contribution in [0.2, 0.25) is 0 Å². The molecule has 1 aliphatic carbocycles. The Kier molecular flexibility index (Phi) is 4.25. The van der Waals surface area contributed by atoms with E-state index < -0.39 is 23.7 Å². The largest absolute Gasteiger partial charge is 0.481 e. The second kappa shape index (κ2) is 5.94. The molecule has 0 aliphatic heterocycles. The van der Waals surface area contributed by atoms with Crippen LogP contribution in [0.25, 0.3) is 0 Å². The lowest BCUT2D eigenvalue weighted by Crippen LogP contribution is -2.46. The maximum Gasteiger partial charge on any atom is 0.307 e. The zero-order valence-corrected chi connectivity index (χ0v) is 11.8. The molecule has 1 aromatic rings. The highest BCUT2D eigenvalue weighted by molar-refractivity contribution is 5.95. The average Bonchev–Trinajstić information content (AvgIpc) is 2.71. The molecule has 114 valence electrons. The maximum absolute atomic E-state index is 12.1. The van der Waals surface area contributed by atoms with Crippen LogP contribution in [0.4, 0.5) is 5.82 Å². The molecular formula is C13H17N3O5. The molecular weight excluding hydrogens is 278 g/mol. The second-order valence-electron chi connectivity index (χ2n) is 5.19. The van der Waals surface area contributed by atoms with Crippen LogP contribution in [0.3, 0.4) is 0 Å². The number of hydrogen-bond acceptors (Lipinski definition) is 5. The molecule has 0 bridgehead atoms. The van der Waals surface area contributed by atoms with E-state index in [2.05, 4.69) is 10.5 Å². The molecule has 8 heteroatoms. The van der Waals surface area contributed by atoms with Crippen molar-refractivity contribution in [2.24, 2.45) is 11.8 Å². The number of nitrogens with one attached hydrogen (secondary N) is 1. The molecule has 21 heavy (non-hydrogen) atoms. The van der Waals surface area contributed by atoms with Gasteiger partial charge in [0.05, 0.1) is 18.4 Å². The van der Waals surface area contributed by atoms with Crippen molar-refractivity contribution in [2.45, 2.75) is 19.8 Å². The number of aromatic nitrogens is 1. The Balaban J connectivity index is 1.86. The van der Waals surface area contributed by atoms with Gasteiger partial charge in [-0.15, -0.1) is 0 Å². The number of carboxylic acids is 1. The fraction of sp³-hybridized carbons (Fsp3) is 0.538. The minimum absolute atomic E-state index is 0.159. The molecule has 0 spiro atoms. The average molecular weight is 295 g/mol. The number of nitrogens with zero attached hydrogens (tertiary/aromatic N) is 2. The van der Waals surface area contributed by atoms with E-state index in [0.717, 1.165) is 0 Å². The van der Waals surface area contributed by atoms with Gasteiger partial charge in [-0.3, -0.25) is 14.4 Å². The summed E-state index contributed by atoms with van der Waals surface area (Å²) in [6.07, 6.45) is 1.05. The molecule has 2 N–H and O–H groups in total. The van der Waals surface area contributed by atoms with E-state index in [0.29, 0.717) is 18.6 Å². The smallest absolute Gasteiger partial charge is 0.307 e. The Labute approximate surface area is 121 Å². The number of hydrogen-bond donors (Lipinski definition) is 2. The van der Waals surface area contributed by atoms with E-state index in [1.807, 2.05) is 0 Å². The predicted molar refractivity (Wildman–Crippen MR) is 71.4 cm³/mol. The summed E-state index contributed by atoms with van der Waals surface area (Å²) in [5, 5.41) is 15.1. The number of aliphatic carboxylic acids is 1. The topological polar surface area (TPSA) is 113 Å². The van der Waals surface area contributed by atoms with Gasteiger partial charge in [0.15, 0.2) is 5.82 Å². The van der Waals surface area contributed by atoms with Gasteiger partial charge in [0.25, 0.3) is 0 Å². The van der Waals surface area contributed by atoms with Crippen molar-refractivity contribution in [1.82, 2.24) is 10.1 Å². The quantitative estimate of drug-likeness (QED) is 0.817. The standard InChI is InChI=1S/C13H17N3O5/c1-7-5-10(15-21-7)14-11(17)6-16(2)12(18)8-3-4-9(8)13(19)20/h5,8-9H,3-4,6H2,1-2H3,(H,19,20)(H,14,15,17). The number of amides is 2. The summed E-state index contributed by atoms with van der Waals surface area (Å²) in [5.74, 6) is -2.02. The van der Waals surface area contributed by atoms with Crippen molar-refractivity contribution in [3.63, 3.8) is 0 Å². The number of carbonyl (C=O) groups is 3. The number of anilines is 1. The third-order valence-electron chi connectivity index (χ3n) is 3.56. The Morgan fingerprint density at radius 3 is 2.57 bits per heavy atom. The molecule has 0 aromatic carbocycles. The van der Waals surface area contributed by atoms with Crippen LogP contribution in [0.1, 0.15) is 18.6 Å². The van der Waals surface area contributed by atoms with Crippen molar-refractivity contribution >= 4 is 23.6 Å². The van der Waals surface area contributed by atoms with Crippen LogP contribution < -0.4 is 5.32 Å². The fourth-order valence-electron chi connectivity index (χ4n) is 2.28. The minimum atomic E-state index is -0.962. The summed E-state index contributed by atoms with van der Waals surface area (Å²) in [6, 6.07) is 1.56. The van der Waals surface area contributed by atoms with Crippen LogP contribution in [0.15, 0.2) is 10.6 Å². The van der Waals surface area contributed by atoms with Crippen LogP contribution >= 0.6 is 0 Å². The van der Waals surface area contributed by atoms with Gasteiger partial charge >= 0.3 is 5.97 Å². The Morgan fingerprint density at radius 1 is 1.43 bits per heavy atom. The van der Waals surface area contributed by atoms with Crippen LogP contribution in [-0.4, -0.2) is 46.5 Å². The van der Waals surface area contributed by atoms with Gasteiger partial charge in [-0.1, -0.05) is 5.16 Å². The van der Waals surface area contributed by atoms with Crippen molar-refractivity contribution in [2.75, 3.05) is 18.9 Å². The van der Waals surface area contributed by atoms with E-state index in [1.54, 1.807) is 13.0 Å². The van der Waals surface area contributed by atoms with Gasteiger partial charge in [0, 0.05) is 13.1 Å². The number of likely N-dealkylation sites (N-methyl/N-ethyl adjacent to an activating group) is 1. The highest BCUT2D eigenvalue weighted by atomic mass is 16.5. The van der Waals surface area contributed by atoms with Gasteiger partial charge in [-0.25, -0.2) is 0 Å². The summed E-state index contributed by atoms with van der Waals surface area (Å²) in [7, 11) is 1.48. The normalized spacial score (nSPS) is 20.5.